The van der Waals surface area contributed by atoms with Gasteiger partial charge in [0.05, 0.1) is 11.2 Å². The number of rotatable bonds is 3. The Morgan fingerprint density at radius 3 is 2.86 bits per heavy atom. The van der Waals surface area contributed by atoms with Crippen molar-refractivity contribution in [2.75, 3.05) is 0 Å². The summed E-state index contributed by atoms with van der Waals surface area (Å²) in [5, 5.41) is 14.0. The zero-order valence-electron chi connectivity index (χ0n) is 11.1. The maximum atomic E-state index is 8.94. The van der Waals surface area contributed by atoms with E-state index in [9.17, 15) is 0 Å². The third-order valence-corrected chi connectivity index (χ3v) is 3.65. The lowest BCUT2D eigenvalue weighted by Gasteiger charge is -2.07. The quantitative estimate of drug-likeness (QED) is 0.334. The van der Waals surface area contributed by atoms with Gasteiger partial charge < -0.3 is 15.4 Å². The Labute approximate surface area is 124 Å². The summed E-state index contributed by atoms with van der Waals surface area (Å²) in [5.41, 5.74) is 7.93. The zero-order valence-corrected chi connectivity index (χ0v) is 12.0. The minimum absolute atomic E-state index is 0.0408. The van der Waals surface area contributed by atoms with E-state index in [1.165, 1.54) is 11.8 Å². The number of nitrogens with zero attached hydrogens (tertiary/aromatic N) is 3. The van der Waals surface area contributed by atoms with Crippen LogP contribution < -0.4 is 5.73 Å². The predicted molar refractivity (Wildman–Crippen MR) is 79.6 cm³/mol. The van der Waals surface area contributed by atoms with Crippen molar-refractivity contribution in [3.05, 3.63) is 47.9 Å². The first-order chi connectivity index (χ1) is 10.2. The predicted octanol–water partition coefficient (Wildman–Crippen LogP) is 2.78. The number of fused-ring (bicyclic) bond motifs is 1. The smallest absolute Gasteiger partial charge is 0.262 e. The standard InChI is InChI=1S/C14H12N4O2S/c1-8-7-20-14(16-8)21-12-6-10(13(15)18-19)9-4-2-3-5-11(9)17-12/h2-7,19H,1H3,(H2,15,18). The van der Waals surface area contributed by atoms with Crippen LogP contribution in [0.2, 0.25) is 0 Å². The van der Waals surface area contributed by atoms with Crippen LogP contribution in [0.4, 0.5) is 0 Å². The molecule has 0 radical (unpaired) electrons. The number of oxazole rings is 1. The minimum atomic E-state index is 0.0408. The highest BCUT2D eigenvalue weighted by Crippen LogP contribution is 2.29. The number of pyridine rings is 1. The van der Waals surface area contributed by atoms with Crippen molar-refractivity contribution in [3.63, 3.8) is 0 Å². The Morgan fingerprint density at radius 1 is 1.33 bits per heavy atom. The topological polar surface area (TPSA) is 97.5 Å². The number of hydrogen-bond donors (Lipinski definition) is 2. The molecule has 106 valence electrons. The summed E-state index contributed by atoms with van der Waals surface area (Å²) in [6.07, 6.45) is 1.58. The maximum Gasteiger partial charge on any atom is 0.262 e. The SMILES string of the molecule is Cc1coc(Sc2cc(/C(N)=N/O)c3ccccc3n2)n1. The van der Waals surface area contributed by atoms with Crippen LogP contribution in [0.5, 0.6) is 0 Å². The molecule has 0 amide bonds. The Bertz CT molecular complexity index is 829. The molecule has 7 heteroatoms. The van der Waals surface area contributed by atoms with Gasteiger partial charge in [-0.1, -0.05) is 23.4 Å². The lowest BCUT2D eigenvalue weighted by Crippen LogP contribution is -2.14. The third-order valence-electron chi connectivity index (χ3n) is 2.87. The van der Waals surface area contributed by atoms with Crippen molar-refractivity contribution >= 4 is 28.5 Å². The van der Waals surface area contributed by atoms with Crippen LogP contribution in [0.1, 0.15) is 11.3 Å². The molecule has 2 heterocycles. The molecule has 0 saturated carbocycles. The first-order valence-corrected chi connectivity index (χ1v) is 6.96. The van der Waals surface area contributed by atoms with Crippen LogP contribution in [-0.2, 0) is 0 Å². The molecule has 2 aromatic heterocycles. The normalized spacial score (nSPS) is 12.0. The summed E-state index contributed by atoms with van der Waals surface area (Å²) >= 11 is 1.28. The van der Waals surface area contributed by atoms with Gasteiger partial charge in [-0.15, -0.1) is 0 Å². The van der Waals surface area contributed by atoms with Gasteiger partial charge in [-0.05, 0) is 30.8 Å². The highest BCUT2D eigenvalue weighted by Gasteiger charge is 2.12. The Balaban J connectivity index is 2.11. The minimum Gasteiger partial charge on any atom is -0.439 e. The van der Waals surface area contributed by atoms with Crippen molar-refractivity contribution in [2.45, 2.75) is 17.2 Å². The van der Waals surface area contributed by atoms with E-state index < -0.39 is 0 Å². The number of nitrogens with two attached hydrogens (primary N) is 1. The molecule has 0 atom stereocenters. The van der Waals surface area contributed by atoms with E-state index >= 15 is 0 Å². The fourth-order valence-electron chi connectivity index (χ4n) is 1.94. The van der Waals surface area contributed by atoms with E-state index in [1.54, 1.807) is 12.3 Å². The Morgan fingerprint density at radius 2 is 2.14 bits per heavy atom. The fraction of sp³-hybridized carbons (Fsp3) is 0.0714. The van der Waals surface area contributed by atoms with Crippen LogP contribution >= 0.6 is 11.8 Å². The van der Waals surface area contributed by atoms with Crippen LogP contribution in [0, 0.1) is 6.92 Å². The molecule has 0 unspecified atom stereocenters. The fourth-order valence-corrected chi connectivity index (χ4v) is 2.72. The molecular formula is C14H12N4O2S. The molecule has 3 N–H and O–H groups in total. The van der Waals surface area contributed by atoms with E-state index in [4.69, 9.17) is 15.4 Å². The summed E-state index contributed by atoms with van der Waals surface area (Å²) in [7, 11) is 0. The van der Waals surface area contributed by atoms with Gasteiger partial charge in [-0.25, -0.2) is 9.97 Å². The Hall–Kier alpha value is -2.54. The summed E-state index contributed by atoms with van der Waals surface area (Å²) in [6, 6.07) is 9.26. The van der Waals surface area contributed by atoms with Gasteiger partial charge in [0, 0.05) is 10.9 Å². The average Bonchev–Trinajstić information content (AvgIpc) is 2.90. The number of para-hydroxylation sites is 1. The molecule has 0 spiro atoms. The highest BCUT2D eigenvalue weighted by atomic mass is 32.2. The van der Waals surface area contributed by atoms with Gasteiger partial charge in [-0.3, -0.25) is 0 Å². The van der Waals surface area contributed by atoms with Gasteiger partial charge in [0.25, 0.3) is 5.22 Å². The molecule has 1 aromatic carbocycles. The summed E-state index contributed by atoms with van der Waals surface area (Å²) in [6.45, 7) is 1.85. The molecule has 0 aliphatic rings. The monoisotopic (exact) mass is 300 g/mol. The molecule has 0 saturated heterocycles. The Kier molecular flexibility index (Phi) is 3.49. The molecule has 0 aliphatic heterocycles. The van der Waals surface area contributed by atoms with Crippen molar-refractivity contribution < 1.29 is 9.62 Å². The molecule has 3 aromatic rings. The van der Waals surface area contributed by atoms with Crippen LogP contribution in [0.25, 0.3) is 10.9 Å². The molecule has 21 heavy (non-hydrogen) atoms. The van der Waals surface area contributed by atoms with E-state index in [2.05, 4.69) is 15.1 Å². The van der Waals surface area contributed by atoms with Gasteiger partial charge in [-0.2, -0.15) is 0 Å². The second-order valence-corrected chi connectivity index (χ2v) is 5.34. The molecule has 3 rings (SSSR count). The first-order valence-electron chi connectivity index (χ1n) is 6.15. The summed E-state index contributed by atoms with van der Waals surface area (Å²) < 4.78 is 5.31. The molecular weight excluding hydrogens is 288 g/mol. The number of oxime groups is 1. The average molecular weight is 300 g/mol. The number of amidine groups is 1. The van der Waals surface area contributed by atoms with E-state index in [1.807, 2.05) is 31.2 Å². The first kappa shape index (κ1) is 13.4. The largest absolute Gasteiger partial charge is 0.439 e. The van der Waals surface area contributed by atoms with Crippen LogP contribution in [-0.4, -0.2) is 21.0 Å². The van der Waals surface area contributed by atoms with E-state index in [0.717, 1.165) is 16.6 Å². The number of aryl methyl sites for hydroxylation is 1. The zero-order chi connectivity index (χ0) is 14.8. The van der Waals surface area contributed by atoms with Gasteiger partial charge in [0.2, 0.25) is 0 Å². The van der Waals surface area contributed by atoms with E-state index in [-0.39, 0.29) is 5.84 Å². The molecule has 0 fully saturated rings. The summed E-state index contributed by atoms with van der Waals surface area (Å²) in [4.78, 5) is 8.75. The second-order valence-electron chi connectivity index (χ2n) is 4.37. The third kappa shape index (κ3) is 2.68. The van der Waals surface area contributed by atoms with Crippen molar-refractivity contribution in [3.8, 4) is 0 Å². The lowest BCUT2D eigenvalue weighted by molar-refractivity contribution is 0.318. The van der Waals surface area contributed by atoms with Crippen molar-refractivity contribution in [1.82, 2.24) is 9.97 Å². The number of benzene rings is 1. The number of aromatic nitrogens is 2. The summed E-state index contributed by atoms with van der Waals surface area (Å²) in [5.74, 6) is 0.0408. The lowest BCUT2D eigenvalue weighted by atomic mass is 10.1. The second kappa shape index (κ2) is 5.45. The van der Waals surface area contributed by atoms with E-state index in [0.29, 0.717) is 15.8 Å². The van der Waals surface area contributed by atoms with Crippen molar-refractivity contribution in [2.24, 2.45) is 10.9 Å². The van der Waals surface area contributed by atoms with Crippen LogP contribution in [0.15, 0.2) is 56.4 Å². The van der Waals surface area contributed by atoms with Gasteiger partial charge in [0.15, 0.2) is 5.84 Å². The van der Waals surface area contributed by atoms with Gasteiger partial charge >= 0.3 is 0 Å². The number of hydrogen-bond acceptors (Lipinski definition) is 6. The molecule has 0 bridgehead atoms. The molecule has 6 nitrogen and oxygen atoms in total. The van der Waals surface area contributed by atoms with Crippen molar-refractivity contribution in [1.29, 1.82) is 0 Å². The highest BCUT2D eigenvalue weighted by molar-refractivity contribution is 7.99. The van der Waals surface area contributed by atoms with Gasteiger partial charge in [0.1, 0.15) is 11.3 Å². The van der Waals surface area contributed by atoms with Crippen LogP contribution in [0.3, 0.4) is 0 Å². The molecule has 0 aliphatic carbocycles. The maximum absolute atomic E-state index is 8.94.